The molecule has 0 aromatic heterocycles. The molecule has 0 radical (unpaired) electrons. The zero-order chi connectivity index (χ0) is 15.6. The van der Waals surface area contributed by atoms with Gasteiger partial charge >= 0.3 is 6.03 Å². The molecule has 0 aromatic rings. The zero-order valence-electron chi connectivity index (χ0n) is 13.1. The number of hydrogen-bond donors (Lipinski definition) is 1. The summed E-state index contributed by atoms with van der Waals surface area (Å²) < 4.78 is 0. The smallest absolute Gasteiger partial charge is 0.304 e. The molecule has 1 aliphatic heterocycles. The van der Waals surface area contributed by atoms with Gasteiger partial charge in [-0.05, 0) is 53.1 Å². The maximum Gasteiger partial charge on any atom is 0.330 e. The molecule has 2 aliphatic rings. The number of rotatable bonds is 6. The molecule has 0 unspecified atom stereocenters. The Hall–Kier alpha value is -1.43. The van der Waals surface area contributed by atoms with E-state index >= 15 is 0 Å². The van der Waals surface area contributed by atoms with Crippen LogP contribution in [0.25, 0.3) is 0 Å². The lowest BCUT2D eigenvalue weighted by atomic mass is 9.66. The van der Waals surface area contributed by atoms with Gasteiger partial charge in [-0.1, -0.05) is 6.42 Å². The van der Waals surface area contributed by atoms with Crippen molar-refractivity contribution in [2.75, 3.05) is 20.1 Å². The molecule has 2 rings (SSSR count). The highest BCUT2D eigenvalue weighted by atomic mass is 16.2. The van der Waals surface area contributed by atoms with Gasteiger partial charge in [0.1, 0.15) is 5.41 Å². The lowest BCUT2D eigenvalue weighted by molar-refractivity contribution is -0.157. The van der Waals surface area contributed by atoms with Crippen molar-refractivity contribution in [3.63, 3.8) is 0 Å². The summed E-state index contributed by atoms with van der Waals surface area (Å²) >= 11 is 0. The quantitative estimate of drug-likeness (QED) is 0.593. The van der Waals surface area contributed by atoms with Gasteiger partial charge in [0, 0.05) is 12.6 Å². The third-order valence-electron chi connectivity index (χ3n) is 4.79. The van der Waals surface area contributed by atoms with Gasteiger partial charge in [0.25, 0.3) is 0 Å². The molecule has 0 bridgehead atoms. The molecule has 1 saturated carbocycles. The summed E-state index contributed by atoms with van der Waals surface area (Å²) in [7, 11) is 2.06. The van der Waals surface area contributed by atoms with Gasteiger partial charge in [-0.2, -0.15) is 0 Å². The molecule has 1 aliphatic carbocycles. The summed E-state index contributed by atoms with van der Waals surface area (Å²) in [6, 6.07) is -0.0690. The van der Waals surface area contributed by atoms with Crippen LogP contribution in [0.2, 0.25) is 0 Å². The monoisotopic (exact) mass is 295 g/mol. The van der Waals surface area contributed by atoms with Crippen LogP contribution in [-0.2, 0) is 9.59 Å². The SMILES string of the molecule is CC(C)N(C)CCCCN1C(=O)NC(=O)C2(CCC2)C1=O. The molecular formula is C15H25N3O3. The van der Waals surface area contributed by atoms with Gasteiger partial charge < -0.3 is 4.90 Å². The van der Waals surface area contributed by atoms with E-state index in [1.54, 1.807) is 0 Å². The third-order valence-corrected chi connectivity index (χ3v) is 4.79. The Morgan fingerprint density at radius 1 is 1.24 bits per heavy atom. The highest BCUT2D eigenvalue weighted by Gasteiger charge is 2.57. The van der Waals surface area contributed by atoms with Crippen molar-refractivity contribution in [1.82, 2.24) is 15.1 Å². The van der Waals surface area contributed by atoms with E-state index in [1.807, 2.05) is 0 Å². The Morgan fingerprint density at radius 3 is 2.43 bits per heavy atom. The molecule has 1 N–H and O–H groups in total. The van der Waals surface area contributed by atoms with Gasteiger partial charge in [-0.15, -0.1) is 0 Å². The van der Waals surface area contributed by atoms with Crippen LogP contribution in [0.5, 0.6) is 0 Å². The van der Waals surface area contributed by atoms with E-state index in [0.717, 1.165) is 25.8 Å². The molecular weight excluding hydrogens is 270 g/mol. The van der Waals surface area contributed by atoms with Gasteiger partial charge in [0.05, 0.1) is 0 Å². The number of nitrogens with one attached hydrogen (secondary N) is 1. The summed E-state index contributed by atoms with van der Waals surface area (Å²) in [5.41, 5.74) is -0.942. The van der Waals surface area contributed by atoms with Crippen LogP contribution in [-0.4, -0.2) is 53.8 Å². The molecule has 118 valence electrons. The third kappa shape index (κ3) is 2.95. The Morgan fingerprint density at radius 2 is 1.90 bits per heavy atom. The summed E-state index contributed by atoms with van der Waals surface area (Å²) in [6.07, 6.45) is 3.70. The van der Waals surface area contributed by atoms with Crippen LogP contribution in [0.4, 0.5) is 4.79 Å². The second-order valence-corrected chi connectivity index (χ2v) is 6.43. The topological polar surface area (TPSA) is 69.7 Å². The van der Waals surface area contributed by atoms with Crippen molar-refractivity contribution in [2.45, 2.75) is 52.0 Å². The van der Waals surface area contributed by atoms with E-state index in [1.165, 1.54) is 4.90 Å². The van der Waals surface area contributed by atoms with Crippen LogP contribution in [0.15, 0.2) is 0 Å². The highest BCUT2D eigenvalue weighted by molar-refractivity contribution is 6.19. The summed E-state index contributed by atoms with van der Waals surface area (Å²) in [6.45, 7) is 5.60. The van der Waals surface area contributed by atoms with Crippen LogP contribution < -0.4 is 5.32 Å². The Labute approximate surface area is 125 Å². The first-order chi connectivity index (χ1) is 9.88. The van der Waals surface area contributed by atoms with E-state index in [-0.39, 0.29) is 5.91 Å². The van der Waals surface area contributed by atoms with E-state index in [2.05, 4.69) is 31.1 Å². The molecule has 0 aromatic carbocycles. The fourth-order valence-corrected chi connectivity index (χ4v) is 2.80. The first-order valence-electron chi connectivity index (χ1n) is 7.76. The highest BCUT2D eigenvalue weighted by Crippen LogP contribution is 2.44. The molecule has 0 atom stereocenters. The predicted molar refractivity (Wildman–Crippen MR) is 78.5 cm³/mol. The van der Waals surface area contributed by atoms with Crippen molar-refractivity contribution in [2.24, 2.45) is 5.41 Å². The minimum Gasteiger partial charge on any atom is -0.304 e. The normalized spacial score (nSPS) is 21.2. The van der Waals surface area contributed by atoms with Crippen molar-refractivity contribution < 1.29 is 14.4 Å². The molecule has 4 amide bonds. The van der Waals surface area contributed by atoms with E-state index in [0.29, 0.717) is 25.4 Å². The zero-order valence-corrected chi connectivity index (χ0v) is 13.1. The van der Waals surface area contributed by atoms with E-state index < -0.39 is 17.4 Å². The second-order valence-electron chi connectivity index (χ2n) is 6.43. The molecule has 1 saturated heterocycles. The first kappa shape index (κ1) is 15.9. The average molecular weight is 295 g/mol. The van der Waals surface area contributed by atoms with Crippen molar-refractivity contribution in [1.29, 1.82) is 0 Å². The fraction of sp³-hybridized carbons (Fsp3) is 0.800. The van der Waals surface area contributed by atoms with Crippen molar-refractivity contribution in [3.05, 3.63) is 0 Å². The number of barbiturate groups is 1. The molecule has 1 heterocycles. The van der Waals surface area contributed by atoms with E-state index in [4.69, 9.17) is 0 Å². The van der Waals surface area contributed by atoms with Crippen LogP contribution in [0.1, 0.15) is 46.0 Å². The van der Waals surface area contributed by atoms with Gasteiger partial charge in [0.2, 0.25) is 11.8 Å². The summed E-state index contributed by atoms with van der Waals surface area (Å²) in [5, 5.41) is 2.34. The number of unbranched alkanes of at least 4 members (excludes halogenated alkanes) is 1. The largest absolute Gasteiger partial charge is 0.330 e. The molecule has 6 heteroatoms. The van der Waals surface area contributed by atoms with Crippen LogP contribution >= 0.6 is 0 Å². The number of carbonyl (C=O) groups excluding carboxylic acids is 3. The predicted octanol–water partition coefficient (Wildman–Crippen LogP) is 1.36. The van der Waals surface area contributed by atoms with Crippen molar-refractivity contribution >= 4 is 17.8 Å². The maximum absolute atomic E-state index is 12.4. The van der Waals surface area contributed by atoms with Gasteiger partial charge in [-0.3, -0.25) is 19.8 Å². The number of imide groups is 2. The summed E-state index contributed by atoms with van der Waals surface area (Å²) in [4.78, 5) is 39.6. The number of hydrogen-bond acceptors (Lipinski definition) is 4. The average Bonchev–Trinajstić information content (AvgIpc) is 2.35. The lowest BCUT2D eigenvalue weighted by Crippen LogP contribution is -2.66. The number of urea groups is 1. The van der Waals surface area contributed by atoms with Gasteiger partial charge in [-0.25, -0.2) is 4.79 Å². The Bertz CT molecular complexity index is 443. The minimum absolute atomic E-state index is 0.292. The molecule has 2 fully saturated rings. The fourth-order valence-electron chi connectivity index (χ4n) is 2.80. The number of nitrogens with zero attached hydrogens (tertiary/aromatic N) is 2. The van der Waals surface area contributed by atoms with Gasteiger partial charge in [0.15, 0.2) is 0 Å². The van der Waals surface area contributed by atoms with E-state index in [9.17, 15) is 14.4 Å². The van der Waals surface area contributed by atoms with Crippen LogP contribution in [0.3, 0.4) is 0 Å². The second kappa shape index (κ2) is 6.13. The Kier molecular flexibility index (Phi) is 4.66. The number of carbonyl (C=O) groups is 3. The minimum atomic E-state index is -0.942. The molecule has 21 heavy (non-hydrogen) atoms. The molecule has 6 nitrogen and oxygen atoms in total. The standard InChI is InChI=1S/C15H25N3O3/c1-11(2)17(3)9-4-5-10-18-13(20)15(7-6-8-15)12(19)16-14(18)21/h11H,4-10H2,1-3H3,(H,16,19,21). The number of amides is 4. The van der Waals surface area contributed by atoms with Crippen molar-refractivity contribution in [3.8, 4) is 0 Å². The first-order valence-corrected chi connectivity index (χ1v) is 7.76. The lowest BCUT2D eigenvalue weighted by Gasteiger charge is -2.44. The summed E-state index contributed by atoms with van der Waals surface area (Å²) in [5.74, 6) is -0.695. The van der Waals surface area contributed by atoms with Crippen LogP contribution in [0, 0.1) is 5.41 Å². The molecule has 1 spiro atoms. The Balaban J connectivity index is 1.86. The maximum atomic E-state index is 12.4.